The van der Waals surface area contributed by atoms with Crippen molar-refractivity contribution in [3.63, 3.8) is 0 Å². The zero-order valence-corrected chi connectivity index (χ0v) is 11.6. The molecule has 0 saturated carbocycles. The lowest BCUT2D eigenvalue weighted by Crippen LogP contribution is -2.25. The van der Waals surface area contributed by atoms with E-state index in [0.29, 0.717) is 24.8 Å². The van der Waals surface area contributed by atoms with Gasteiger partial charge in [0.1, 0.15) is 5.82 Å². The first-order valence-corrected chi connectivity index (χ1v) is 7.40. The fourth-order valence-electron chi connectivity index (χ4n) is 1.64. The van der Waals surface area contributed by atoms with Gasteiger partial charge in [-0.1, -0.05) is 0 Å². The van der Waals surface area contributed by atoms with Crippen LogP contribution in [0.15, 0.2) is 23.1 Å². The van der Waals surface area contributed by atoms with E-state index in [-0.39, 0.29) is 17.3 Å². The van der Waals surface area contributed by atoms with Crippen LogP contribution in [0.4, 0.5) is 4.39 Å². The highest BCUT2D eigenvalue weighted by Gasteiger charge is 2.16. The van der Waals surface area contributed by atoms with Crippen LogP contribution in [-0.4, -0.2) is 20.8 Å². The lowest BCUT2D eigenvalue weighted by Gasteiger charge is -2.09. The Morgan fingerprint density at radius 3 is 2.68 bits per heavy atom. The van der Waals surface area contributed by atoms with Crippen LogP contribution < -0.4 is 10.5 Å². The molecule has 0 amide bonds. The number of aryl methyl sites for hydroxylation is 1. The van der Waals surface area contributed by atoms with E-state index < -0.39 is 15.8 Å². The second kappa shape index (κ2) is 6.63. The topological polar surface area (TPSA) is 96.0 Å². The van der Waals surface area contributed by atoms with E-state index in [0.717, 1.165) is 6.07 Å². The van der Waals surface area contributed by atoms with Crippen LogP contribution in [0.1, 0.15) is 24.8 Å². The molecule has 0 aliphatic rings. The second-order valence-corrected chi connectivity index (χ2v) is 6.03. The van der Waals surface area contributed by atoms with Gasteiger partial charge in [-0.3, -0.25) is 5.41 Å². The smallest absolute Gasteiger partial charge is 0.240 e. The van der Waals surface area contributed by atoms with Crippen LogP contribution in [0.5, 0.6) is 0 Å². The normalized spacial score (nSPS) is 11.5. The van der Waals surface area contributed by atoms with Crippen LogP contribution in [-0.2, 0) is 10.0 Å². The standard InChI is InChI=1S/C12H18FN3O2S/c1-9-8-10(13)5-6-11(9)19(17,18)16-7-3-2-4-12(14)15/h5-6,8,16H,2-4,7H2,1H3,(H3,14,15). The summed E-state index contributed by atoms with van der Waals surface area (Å²) in [5.41, 5.74) is 5.57. The van der Waals surface area contributed by atoms with Gasteiger partial charge in [0.15, 0.2) is 0 Å². The van der Waals surface area contributed by atoms with Crippen molar-refractivity contribution >= 4 is 15.9 Å². The number of hydrogen-bond acceptors (Lipinski definition) is 3. The summed E-state index contributed by atoms with van der Waals surface area (Å²) in [4.78, 5) is 0.0838. The maximum absolute atomic E-state index is 12.9. The highest BCUT2D eigenvalue weighted by Crippen LogP contribution is 2.15. The van der Waals surface area contributed by atoms with E-state index in [4.69, 9.17) is 11.1 Å². The predicted octanol–water partition coefficient (Wildman–Crippen LogP) is 1.52. The van der Waals surface area contributed by atoms with Crippen molar-refractivity contribution in [2.45, 2.75) is 31.1 Å². The number of nitrogens with one attached hydrogen (secondary N) is 2. The molecule has 0 aliphatic carbocycles. The fraction of sp³-hybridized carbons (Fsp3) is 0.417. The minimum atomic E-state index is -3.61. The molecule has 0 spiro atoms. The van der Waals surface area contributed by atoms with Crippen LogP contribution in [0.3, 0.4) is 0 Å². The number of amidine groups is 1. The molecule has 0 unspecified atom stereocenters. The third-order valence-corrected chi connectivity index (χ3v) is 4.21. The maximum Gasteiger partial charge on any atom is 0.240 e. The Hall–Kier alpha value is -1.47. The Balaban J connectivity index is 2.59. The Kier molecular flexibility index (Phi) is 5.44. The maximum atomic E-state index is 12.9. The lowest BCUT2D eigenvalue weighted by molar-refractivity contribution is 0.576. The third kappa shape index (κ3) is 4.96. The van der Waals surface area contributed by atoms with Gasteiger partial charge in [-0.15, -0.1) is 0 Å². The second-order valence-electron chi connectivity index (χ2n) is 4.29. The molecule has 0 fully saturated rings. The minimum Gasteiger partial charge on any atom is -0.388 e. The molecule has 0 bridgehead atoms. The first-order chi connectivity index (χ1) is 8.83. The molecule has 0 saturated heterocycles. The molecule has 0 atom stereocenters. The largest absolute Gasteiger partial charge is 0.388 e. The summed E-state index contributed by atoms with van der Waals surface area (Å²) in [5, 5.41) is 7.04. The Labute approximate surface area is 112 Å². The molecule has 19 heavy (non-hydrogen) atoms. The van der Waals surface area contributed by atoms with Crippen LogP contribution in [0, 0.1) is 18.2 Å². The minimum absolute atomic E-state index is 0.0838. The zero-order valence-electron chi connectivity index (χ0n) is 10.7. The molecule has 4 N–H and O–H groups in total. The first-order valence-electron chi connectivity index (χ1n) is 5.91. The summed E-state index contributed by atoms with van der Waals surface area (Å²) in [6.45, 7) is 1.82. The molecule has 0 aromatic heterocycles. The molecule has 0 aliphatic heterocycles. The van der Waals surface area contributed by atoms with Crippen molar-refractivity contribution in [1.29, 1.82) is 5.41 Å². The SMILES string of the molecule is Cc1cc(F)ccc1S(=O)(=O)NCCCCC(=N)N. The number of halogens is 1. The molecule has 1 aromatic carbocycles. The van der Waals surface area contributed by atoms with Crippen LogP contribution in [0.25, 0.3) is 0 Å². The molecular formula is C12H18FN3O2S. The molecule has 0 radical (unpaired) electrons. The number of unbranched alkanes of at least 4 members (excludes halogenated alkanes) is 1. The van der Waals surface area contributed by atoms with Gasteiger partial charge in [0.25, 0.3) is 0 Å². The Morgan fingerprint density at radius 1 is 1.42 bits per heavy atom. The highest BCUT2D eigenvalue weighted by molar-refractivity contribution is 7.89. The van der Waals surface area contributed by atoms with Gasteiger partial charge in [0, 0.05) is 13.0 Å². The van der Waals surface area contributed by atoms with Crippen LogP contribution >= 0.6 is 0 Å². The van der Waals surface area contributed by atoms with Gasteiger partial charge in [0.05, 0.1) is 10.7 Å². The molecule has 1 aromatic rings. The third-order valence-electron chi connectivity index (χ3n) is 2.59. The average Bonchev–Trinajstić information content (AvgIpc) is 2.27. The fourth-order valence-corrected chi connectivity index (χ4v) is 2.94. The van der Waals surface area contributed by atoms with Gasteiger partial charge in [-0.2, -0.15) is 0 Å². The van der Waals surface area contributed by atoms with Gasteiger partial charge < -0.3 is 5.73 Å². The van der Waals surface area contributed by atoms with Gasteiger partial charge >= 0.3 is 0 Å². The Morgan fingerprint density at radius 2 is 2.11 bits per heavy atom. The van der Waals surface area contributed by atoms with Crippen molar-refractivity contribution in [2.24, 2.45) is 5.73 Å². The predicted molar refractivity (Wildman–Crippen MR) is 72.1 cm³/mol. The lowest BCUT2D eigenvalue weighted by atomic mass is 10.2. The van der Waals surface area contributed by atoms with Crippen molar-refractivity contribution in [1.82, 2.24) is 4.72 Å². The van der Waals surface area contributed by atoms with Gasteiger partial charge in [0.2, 0.25) is 10.0 Å². The van der Waals surface area contributed by atoms with E-state index in [1.165, 1.54) is 12.1 Å². The summed E-state index contributed by atoms with van der Waals surface area (Å²) in [6.07, 6.45) is 1.70. The number of sulfonamides is 1. The quantitative estimate of drug-likeness (QED) is 0.403. The highest BCUT2D eigenvalue weighted by atomic mass is 32.2. The van der Waals surface area contributed by atoms with Crippen molar-refractivity contribution < 1.29 is 12.8 Å². The Bertz CT molecular complexity index is 558. The van der Waals surface area contributed by atoms with Gasteiger partial charge in [-0.05, 0) is 43.5 Å². The molecule has 106 valence electrons. The summed E-state index contributed by atoms with van der Waals surface area (Å²) in [5.74, 6) is -0.366. The van der Waals surface area contributed by atoms with E-state index in [2.05, 4.69) is 4.72 Å². The van der Waals surface area contributed by atoms with Crippen molar-refractivity contribution in [3.8, 4) is 0 Å². The van der Waals surface area contributed by atoms with Crippen molar-refractivity contribution in [2.75, 3.05) is 6.54 Å². The van der Waals surface area contributed by atoms with E-state index in [1.807, 2.05) is 0 Å². The average molecular weight is 287 g/mol. The molecule has 1 rings (SSSR count). The number of hydrogen-bond donors (Lipinski definition) is 3. The monoisotopic (exact) mass is 287 g/mol. The molecular weight excluding hydrogens is 269 g/mol. The van der Waals surface area contributed by atoms with E-state index in [1.54, 1.807) is 6.92 Å². The molecule has 7 heteroatoms. The zero-order chi connectivity index (χ0) is 14.5. The van der Waals surface area contributed by atoms with E-state index >= 15 is 0 Å². The summed E-state index contributed by atoms with van der Waals surface area (Å²) in [7, 11) is -3.61. The molecule has 5 nitrogen and oxygen atoms in total. The van der Waals surface area contributed by atoms with E-state index in [9.17, 15) is 12.8 Å². The van der Waals surface area contributed by atoms with Crippen LogP contribution in [0.2, 0.25) is 0 Å². The summed E-state index contributed by atoms with van der Waals surface area (Å²) >= 11 is 0. The summed E-state index contributed by atoms with van der Waals surface area (Å²) in [6, 6.07) is 3.56. The number of nitrogens with two attached hydrogens (primary N) is 1. The first kappa shape index (κ1) is 15.6. The number of rotatable bonds is 7. The molecule has 0 heterocycles. The van der Waals surface area contributed by atoms with Crippen molar-refractivity contribution in [3.05, 3.63) is 29.6 Å². The van der Waals surface area contributed by atoms with Gasteiger partial charge in [-0.25, -0.2) is 17.5 Å². The number of benzene rings is 1. The summed E-state index contributed by atoms with van der Waals surface area (Å²) < 4.78 is 39.3.